The van der Waals surface area contributed by atoms with Crippen molar-refractivity contribution in [2.24, 2.45) is 4.99 Å². The Balaban J connectivity index is 2.31. The van der Waals surface area contributed by atoms with Gasteiger partial charge in [0.25, 0.3) is 0 Å². The van der Waals surface area contributed by atoms with Gasteiger partial charge in [-0.25, -0.2) is 0 Å². The Morgan fingerprint density at radius 3 is 2.52 bits per heavy atom. The highest BCUT2D eigenvalue weighted by Gasteiger charge is 2.07. The highest BCUT2D eigenvalue weighted by molar-refractivity contribution is 5.93. The quantitative estimate of drug-likeness (QED) is 0.250. The van der Waals surface area contributed by atoms with E-state index in [1.807, 2.05) is 32.0 Å². The number of rotatable bonds is 12. The highest BCUT2D eigenvalue weighted by Crippen LogP contribution is 2.30. The molecule has 0 fully saturated rings. The van der Waals surface area contributed by atoms with Crippen LogP contribution in [0.15, 0.2) is 23.2 Å². The van der Waals surface area contributed by atoms with E-state index in [2.05, 4.69) is 15.6 Å². The van der Waals surface area contributed by atoms with Gasteiger partial charge in [-0.3, -0.25) is 9.79 Å². The molecule has 1 rings (SSSR count). The summed E-state index contributed by atoms with van der Waals surface area (Å²) in [7, 11) is 3.36. The first-order chi connectivity index (χ1) is 13.1. The lowest BCUT2D eigenvalue weighted by molar-refractivity contribution is -0.143. The molecule has 0 bridgehead atoms. The smallest absolute Gasteiger partial charge is 0.305 e. The first-order valence-corrected chi connectivity index (χ1v) is 9.58. The molecule has 0 unspecified atom stereocenters. The molecule has 0 aliphatic carbocycles. The molecule has 2 N–H and O–H groups in total. The molecule has 0 aromatic heterocycles. The largest absolute Gasteiger partial charge is 0.493 e. The first-order valence-electron chi connectivity index (χ1n) is 9.58. The molecule has 0 aliphatic heterocycles. The maximum absolute atomic E-state index is 11.3. The van der Waals surface area contributed by atoms with Crippen LogP contribution in [0.3, 0.4) is 0 Å². The average Bonchev–Trinajstić information content (AvgIpc) is 2.67. The summed E-state index contributed by atoms with van der Waals surface area (Å²) in [5, 5.41) is 6.54. The number of unbranched alkanes of at least 4 members (excludes halogenated alkanes) is 3. The number of hydrogen-bond donors (Lipinski definition) is 2. The molecule has 7 heteroatoms. The third kappa shape index (κ3) is 9.17. The molecule has 0 spiro atoms. The molecule has 0 saturated carbocycles. The first kappa shape index (κ1) is 22.6. The topological polar surface area (TPSA) is 81.2 Å². The molecule has 0 heterocycles. The van der Waals surface area contributed by atoms with Gasteiger partial charge in [0.1, 0.15) is 0 Å². The van der Waals surface area contributed by atoms with E-state index in [-0.39, 0.29) is 5.97 Å². The Morgan fingerprint density at radius 2 is 1.85 bits per heavy atom. The van der Waals surface area contributed by atoms with Crippen LogP contribution in [0, 0.1) is 0 Å². The van der Waals surface area contributed by atoms with Crippen molar-refractivity contribution in [3.63, 3.8) is 0 Å². The molecule has 1 aromatic carbocycles. The molecule has 7 nitrogen and oxygen atoms in total. The molecule has 27 heavy (non-hydrogen) atoms. The van der Waals surface area contributed by atoms with Crippen molar-refractivity contribution in [2.45, 2.75) is 46.0 Å². The van der Waals surface area contributed by atoms with Crippen LogP contribution in [-0.4, -0.2) is 45.8 Å². The molecule has 0 saturated heterocycles. The summed E-state index contributed by atoms with van der Waals surface area (Å²) in [6, 6.07) is 5.69. The fraction of sp³-hybridized carbons (Fsp3) is 0.600. The molecule has 1 aromatic rings. The van der Waals surface area contributed by atoms with Gasteiger partial charge < -0.3 is 24.8 Å². The number of carbonyl (C=O) groups excluding carboxylic acids is 1. The second-order valence-corrected chi connectivity index (χ2v) is 5.89. The Bertz CT molecular complexity index is 591. The molecule has 0 aliphatic rings. The Hall–Kier alpha value is -2.44. The van der Waals surface area contributed by atoms with Crippen molar-refractivity contribution < 1.29 is 19.0 Å². The van der Waals surface area contributed by atoms with Gasteiger partial charge in [-0.1, -0.05) is 12.8 Å². The lowest BCUT2D eigenvalue weighted by Gasteiger charge is -2.14. The van der Waals surface area contributed by atoms with Gasteiger partial charge in [-0.15, -0.1) is 0 Å². The minimum atomic E-state index is -0.106. The number of benzene rings is 1. The zero-order valence-electron chi connectivity index (χ0n) is 17.0. The monoisotopic (exact) mass is 379 g/mol. The van der Waals surface area contributed by atoms with E-state index in [0.29, 0.717) is 31.3 Å². The summed E-state index contributed by atoms with van der Waals surface area (Å²) < 4.78 is 15.8. The van der Waals surface area contributed by atoms with Crippen LogP contribution in [0.2, 0.25) is 0 Å². The van der Waals surface area contributed by atoms with Crippen molar-refractivity contribution in [3.05, 3.63) is 18.2 Å². The predicted octanol–water partition coefficient (Wildman–Crippen LogP) is 3.59. The second kappa shape index (κ2) is 13.7. The van der Waals surface area contributed by atoms with Crippen LogP contribution in [0.1, 0.15) is 46.0 Å². The van der Waals surface area contributed by atoms with E-state index < -0.39 is 0 Å². The minimum Gasteiger partial charge on any atom is -0.493 e. The lowest BCUT2D eigenvalue weighted by Crippen LogP contribution is -2.31. The van der Waals surface area contributed by atoms with Gasteiger partial charge in [-0.05, 0) is 38.8 Å². The van der Waals surface area contributed by atoms with Crippen LogP contribution in [0.4, 0.5) is 5.69 Å². The standard InChI is InChI=1S/C20H33N3O4/c1-5-26-17-13-12-16(15-18(17)25-4)23-20(21-3)22-14-10-8-7-9-11-19(24)27-6-2/h12-13,15H,5-11,14H2,1-4H3,(H2,21,22,23). The zero-order chi connectivity index (χ0) is 19.9. The number of hydrogen-bond acceptors (Lipinski definition) is 5. The lowest BCUT2D eigenvalue weighted by atomic mass is 10.1. The van der Waals surface area contributed by atoms with Crippen LogP contribution >= 0.6 is 0 Å². The summed E-state index contributed by atoms with van der Waals surface area (Å²) in [5.41, 5.74) is 0.873. The van der Waals surface area contributed by atoms with Crippen molar-refractivity contribution in [2.75, 3.05) is 39.2 Å². The van der Waals surface area contributed by atoms with Crippen LogP contribution in [-0.2, 0) is 9.53 Å². The maximum Gasteiger partial charge on any atom is 0.305 e. The Labute approximate surface area is 162 Å². The van der Waals surface area contributed by atoms with Crippen LogP contribution < -0.4 is 20.1 Å². The second-order valence-electron chi connectivity index (χ2n) is 5.89. The van der Waals surface area contributed by atoms with Gasteiger partial charge in [0.2, 0.25) is 0 Å². The number of ether oxygens (including phenoxy) is 3. The van der Waals surface area contributed by atoms with Crippen molar-refractivity contribution in [1.82, 2.24) is 5.32 Å². The number of nitrogens with one attached hydrogen (secondary N) is 2. The number of carbonyl (C=O) groups is 1. The minimum absolute atomic E-state index is 0.106. The van der Waals surface area contributed by atoms with Gasteiger partial charge >= 0.3 is 5.97 Å². The Kier molecular flexibility index (Phi) is 11.5. The molecular weight excluding hydrogens is 346 g/mol. The summed E-state index contributed by atoms with van der Waals surface area (Å²) in [6.45, 7) is 5.62. The van der Waals surface area contributed by atoms with E-state index in [1.54, 1.807) is 14.2 Å². The SMILES string of the molecule is CCOC(=O)CCCCCCNC(=NC)Nc1ccc(OCC)c(OC)c1. The van der Waals surface area contributed by atoms with Gasteiger partial charge in [0.05, 0.1) is 20.3 Å². The molecule has 0 atom stereocenters. The third-order valence-electron chi connectivity index (χ3n) is 3.86. The summed E-state index contributed by atoms with van der Waals surface area (Å²) >= 11 is 0. The summed E-state index contributed by atoms with van der Waals surface area (Å²) in [4.78, 5) is 15.5. The van der Waals surface area contributed by atoms with E-state index in [0.717, 1.165) is 43.7 Å². The fourth-order valence-electron chi connectivity index (χ4n) is 2.52. The number of aliphatic imine (C=N–C) groups is 1. The predicted molar refractivity (Wildman–Crippen MR) is 109 cm³/mol. The van der Waals surface area contributed by atoms with E-state index >= 15 is 0 Å². The van der Waals surface area contributed by atoms with E-state index in [1.165, 1.54) is 0 Å². The van der Waals surface area contributed by atoms with E-state index in [4.69, 9.17) is 14.2 Å². The van der Waals surface area contributed by atoms with Gasteiger partial charge in [0, 0.05) is 31.8 Å². The fourth-order valence-corrected chi connectivity index (χ4v) is 2.52. The van der Waals surface area contributed by atoms with Crippen LogP contribution in [0.5, 0.6) is 11.5 Å². The molecular formula is C20H33N3O4. The normalized spacial score (nSPS) is 11.0. The maximum atomic E-state index is 11.3. The number of methoxy groups -OCH3 is 1. The third-order valence-corrected chi connectivity index (χ3v) is 3.86. The highest BCUT2D eigenvalue weighted by atomic mass is 16.5. The number of guanidine groups is 1. The summed E-state index contributed by atoms with van der Waals surface area (Å²) in [6.07, 6.45) is 4.46. The van der Waals surface area contributed by atoms with Crippen molar-refractivity contribution >= 4 is 17.6 Å². The zero-order valence-corrected chi connectivity index (χ0v) is 17.0. The number of anilines is 1. The number of nitrogens with zero attached hydrogens (tertiary/aromatic N) is 1. The van der Waals surface area contributed by atoms with Crippen molar-refractivity contribution in [3.8, 4) is 11.5 Å². The number of esters is 1. The summed E-state index contributed by atoms with van der Waals surface area (Å²) in [5.74, 6) is 1.99. The molecule has 0 amide bonds. The van der Waals surface area contributed by atoms with E-state index in [9.17, 15) is 4.79 Å². The Morgan fingerprint density at radius 1 is 1.07 bits per heavy atom. The average molecular weight is 380 g/mol. The molecule has 0 radical (unpaired) electrons. The van der Waals surface area contributed by atoms with Crippen molar-refractivity contribution in [1.29, 1.82) is 0 Å². The van der Waals surface area contributed by atoms with Crippen LogP contribution in [0.25, 0.3) is 0 Å². The van der Waals surface area contributed by atoms with Gasteiger partial charge in [-0.2, -0.15) is 0 Å². The van der Waals surface area contributed by atoms with Gasteiger partial charge in [0.15, 0.2) is 17.5 Å². The molecule has 152 valence electrons.